The molecule has 92 valence electrons. The Labute approximate surface area is 102 Å². The van der Waals surface area contributed by atoms with Gasteiger partial charge < -0.3 is 9.52 Å². The molecule has 17 heavy (non-hydrogen) atoms. The fourth-order valence-corrected chi connectivity index (χ4v) is 1.34. The van der Waals surface area contributed by atoms with Gasteiger partial charge >= 0.3 is 0 Å². The summed E-state index contributed by atoms with van der Waals surface area (Å²) in [5.41, 5.74) is 2.67. The van der Waals surface area contributed by atoms with Crippen LogP contribution < -0.4 is 0 Å². The minimum absolute atomic E-state index is 0.498. The Kier molecular flexibility index (Phi) is 4.91. The van der Waals surface area contributed by atoms with Crippen LogP contribution in [0.4, 0.5) is 0 Å². The average Bonchev–Trinajstić information content (AvgIpc) is 2.70. The van der Waals surface area contributed by atoms with Crippen molar-refractivity contribution in [3.63, 3.8) is 0 Å². The first-order valence-electron chi connectivity index (χ1n) is 5.60. The third kappa shape index (κ3) is 4.41. The second kappa shape index (κ2) is 6.21. The van der Waals surface area contributed by atoms with Gasteiger partial charge in [-0.3, -0.25) is 0 Å². The topological polar surface area (TPSA) is 46.3 Å². The lowest BCUT2D eigenvalue weighted by atomic mass is 10.1. The number of hydrogen-bond donors (Lipinski definition) is 1. The molecule has 0 saturated carbocycles. The number of allylic oxidation sites excluding steroid dienone is 2. The molecule has 0 saturated heterocycles. The number of aromatic nitrogens is 1. The number of rotatable bonds is 5. The van der Waals surface area contributed by atoms with Crippen LogP contribution in [0.5, 0.6) is 0 Å². The van der Waals surface area contributed by atoms with Gasteiger partial charge in [0.2, 0.25) is 0 Å². The summed E-state index contributed by atoms with van der Waals surface area (Å²) in [6.07, 6.45) is 7.23. The third-order valence-corrected chi connectivity index (χ3v) is 2.52. The quantitative estimate of drug-likeness (QED) is 0.794. The Morgan fingerprint density at radius 2 is 2.29 bits per heavy atom. The van der Waals surface area contributed by atoms with E-state index < -0.39 is 6.10 Å². The minimum atomic E-state index is -0.498. The molecule has 0 aliphatic heterocycles. The Bertz CT molecular complexity index is 441. The van der Waals surface area contributed by atoms with E-state index in [0.29, 0.717) is 12.3 Å². The second-order valence-corrected chi connectivity index (χ2v) is 4.08. The van der Waals surface area contributed by atoms with E-state index in [1.165, 1.54) is 0 Å². The average molecular weight is 233 g/mol. The molecule has 3 nitrogen and oxygen atoms in total. The Balaban J connectivity index is 2.66. The maximum Gasteiger partial charge on any atom is 0.191 e. The second-order valence-electron chi connectivity index (χ2n) is 4.08. The van der Waals surface area contributed by atoms with Crippen molar-refractivity contribution in [1.82, 2.24) is 4.98 Å². The number of nitrogens with zero attached hydrogens (tertiary/aromatic N) is 1. The summed E-state index contributed by atoms with van der Waals surface area (Å²) >= 11 is 0. The van der Waals surface area contributed by atoms with Crippen molar-refractivity contribution in [2.75, 3.05) is 0 Å². The van der Waals surface area contributed by atoms with Crippen molar-refractivity contribution >= 4 is 6.08 Å². The maximum absolute atomic E-state index is 9.92. The van der Waals surface area contributed by atoms with Crippen LogP contribution in [0.2, 0.25) is 0 Å². The molecule has 0 fully saturated rings. The molecule has 1 rings (SSSR count). The van der Waals surface area contributed by atoms with Gasteiger partial charge in [0.25, 0.3) is 0 Å². The smallest absolute Gasteiger partial charge is 0.191 e. The maximum atomic E-state index is 9.92. The van der Waals surface area contributed by atoms with Gasteiger partial charge in [0.05, 0.1) is 6.10 Å². The predicted octanol–water partition coefficient (Wildman–Crippen LogP) is 3.27. The van der Waals surface area contributed by atoms with Gasteiger partial charge in [0, 0.05) is 6.92 Å². The molecule has 1 aromatic rings. The van der Waals surface area contributed by atoms with Crippen molar-refractivity contribution < 1.29 is 9.52 Å². The molecule has 0 amide bonds. The number of oxazole rings is 1. The standard InChI is InChI=1S/C14H19NO2/c1-5-10(2)6-7-14(16)11(3)8-13-9-17-12(4)15-13/h5-6,8-9,14,16H,1,7H2,2-4H3/b10-6-,11-8+/t14-/m0/s1. The van der Waals surface area contributed by atoms with Crippen LogP contribution in [0.25, 0.3) is 6.08 Å². The summed E-state index contributed by atoms with van der Waals surface area (Å²) in [6.45, 7) is 9.30. The third-order valence-electron chi connectivity index (χ3n) is 2.52. The number of aliphatic hydroxyl groups excluding tert-OH is 1. The Hall–Kier alpha value is -1.61. The van der Waals surface area contributed by atoms with E-state index in [0.717, 1.165) is 16.8 Å². The first-order chi connectivity index (χ1) is 8.02. The zero-order chi connectivity index (χ0) is 12.8. The van der Waals surface area contributed by atoms with E-state index in [1.807, 2.05) is 26.0 Å². The van der Waals surface area contributed by atoms with Crippen LogP contribution in [0, 0.1) is 6.92 Å². The van der Waals surface area contributed by atoms with Crippen molar-refractivity contribution in [2.24, 2.45) is 0 Å². The highest BCUT2D eigenvalue weighted by molar-refractivity contribution is 5.48. The molecule has 0 aliphatic rings. The SMILES string of the molecule is C=C/C(C)=C\C[C@H](O)/C(C)=C/c1coc(C)n1. The summed E-state index contributed by atoms with van der Waals surface area (Å²) in [4.78, 5) is 4.16. The van der Waals surface area contributed by atoms with Gasteiger partial charge in [0.1, 0.15) is 12.0 Å². The van der Waals surface area contributed by atoms with Crippen molar-refractivity contribution in [2.45, 2.75) is 33.3 Å². The van der Waals surface area contributed by atoms with Gasteiger partial charge in [0.15, 0.2) is 5.89 Å². The fourth-order valence-electron chi connectivity index (χ4n) is 1.34. The van der Waals surface area contributed by atoms with Crippen molar-refractivity contribution in [3.05, 3.63) is 47.7 Å². The largest absolute Gasteiger partial charge is 0.449 e. The van der Waals surface area contributed by atoms with Crippen molar-refractivity contribution in [1.29, 1.82) is 0 Å². The van der Waals surface area contributed by atoms with E-state index in [4.69, 9.17) is 4.42 Å². The Morgan fingerprint density at radius 3 is 2.82 bits per heavy atom. The normalized spacial score (nSPS) is 14.8. The molecule has 1 aromatic heterocycles. The molecule has 1 heterocycles. The molecule has 0 aliphatic carbocycles. The highest BCUT2D eigenvalue weighted by atomic mass is 16.3. The molecular weight excluding hydrogens is 214 g/mol. The number of aliphatic hydroxyl groups is 1. The zero-order valence-electron chi connectivity index (χ0n) is 10.6. The Morgan fingerprint density at radius 1 is 1.59 bits per heavy atom. The van der Waals surface area contributed by atoms with Gasteiger partial charge in [-0.25, -0.2) is 4.98 Å². The molecule has 0 aromatic carbocycles. The minimum Gasteiger partial charge on any atom is -0.449 e. The number of aryl methyl sites for hydroxylation is 1. The van der Waals surface area contributed by atoms with Crippen LogP contribution in [0.1, 0.15) is 31.9 Å². The first kappa shape index (κ1) is 13.5. The lowest BCUT2D eigenvalue weighted by Gasteiger charge is -2.08. The van der Waals surface area contributed by atoms with Crippen LogP contribution in [0.15, 0.2) is 40.6 Å². The summed E-state index contributed by atoms with van der Waals surface area (Å²) < 4.78 is 5.10. The summed E-state index contributed by atoms with van der Waals surface area (Å²) in [7, 11) is 0. The fraction of sp³-hybridized carbons (Fsp3) is 0.357. The molecule has 0 bridgehead atoms. The van der Waals surface area contributed by atoms with Gasteiger partial charge in [-0.05, 0) is 31.9 Å². The van der Waals surface area contributed by atoms with Crippen molar-refractivity contribution in [3.8, 4) is 0 Å². The highest BCUT2D eigenvalue weighted by Gasteiger charge is 2.06. The van der Waals surface area contributed by atoms with Crippen LogP contribution in [-0.2, 0) is 0 Å². The van der Waals surface area contributed by atoms with Gasteiger partial charge in [-0.15, -0.1) is 0 Å². The molecule has 0 unspecified atom stereocenters. The molecule has 0 radical (unpaired) electrons. The van der Waals surface area contributed by atoms with E-state index in [1.54, 1.807) is 19.3 Å². The predicted molar refractivity (Wildman–Crippen MR) is 69.5 cm³/mol. The molecular formula is C14H19NO2. The van der Waals surface area contributed by atoms with Gasteiger partial charge in [-0.2, -0.15) is 0 Å². The molecule has 0 spiro atoms. The lowest BCUT2D eigenvalue weighted by molar-refractivity contribution is 0.215. The van der Waals surface area contributed by atoms with E-state index in [2.05, 4.69) is 11.6 Å². The van der Waals surface area contributed by atoms with E-state index in [9.17, 15) is 5.11 Å². The first-order valence-corrected chi connectivity index (χ1v) is 5.60. The van der Waals surface area contributed by atoms with Crippen LogP contribution in [0.3, 0.4) is 0 Å². The van der Waals surface area contributed by atoms with Crippen LogP contribution >= 0.6 is 0 Å². The van der Waals surface area contributed by atoms with E-state index in [-0.39, 0.29) is 0 Å². The monoisotopic (exact) mass is 233 g/mol. The number of hydrogen-bond acceptors (Lipinski definition) is 3. The molecule has 1 atom stereocenters. The molecule has 1 N–H and O–H groups in total. The molecule has 3 heteroatoms. The summed E-state index contributed by atoms with van der Waals surface area (Å²) in [5.74, 6) is 0.626. The lowest BCUT2D eigenvalue weighted by Crippen LogP contribution is -2.06. The summed E-state index contributed by atoms with van der Waals surface area (Å²) in [5, 5.41) is 9.92. The van der Waals surface area contributed by atoms with Gasteiger partial charge in [-0.1, -0.05) is 24.3 Å². The zero-order valence-corrected chi connectivity index (χ0v) is 10.6. The van der Waals surface area contributed by atoms with E-state index >= 15 is 0 Å². The highest BCUT2D eigenvalue weighted by Crippen LogP contribution is 2.13. The van der Waals surface area contributed by atoms with Crippen LogP contribution in [-0.4, -0.2) is 16.2 Å². The summed E-state index contributed by atoms with van der Waals surface area (Å²) in [6, 6.07) is 0.